The topological polar surface area (TPSA) is 38.7 Å². The molecule has 13 heavy (non-hydrogen) atoms. The Morgan fingerprint density at radius 2 is 1.62 bits per heavy atom. The lowest BCUT2D eigenvalue weighted by molar-refractivity contribution is 1.03. The van der Waals surface area contributed by atoms with Crippen LogP contribution in [0.1, 0.15) is 0 Å². The average Bonchev–Trinajstić information content (AvgIpc) is 2.22. The van der Waals surface area contributed by atoms with Crippen molar-refractivity contribution in [1.29, 1.82) is 0 Å². The summed E-state index contributed by atoms with van der Waals surface area (Å²) in [5.41, 5.74) is 0. The molecule has 0 unspecified atom stereocenters. The maximum Gasteiger partial charge on any atom is 0.0589 e. The van der Waals surface area contributed by atoms with E-state index in [4.69, 9.17) is 11.6 Å². The van der Waals surface area contributed by atoms with Gasteiger partial charge in [0.25, 0.3) is 0 Å². The molecule has 0 atom stereocenters. The molecule has 0 spiro atoms. The lowest BCUT2D eigenvalue weighted by Gasteiger charge is -1.79. The van der Waals surface area contributed by atoms with E-state index in [1.54, 1.807) is 36.9 Å². The minimum Gasteiger partial charge on any atom is -0.263 e. The van der Waals surface area contributed by atoms with Gasteiger partial charge in [0.2, 0.25) is 0 Å². The molecule has 2 aromatic heterocycles. The molecule has 2 rings (SSSR count). The summed E-state index contributed by atoms with van der Waals surface area (Å²) in [5, 5.41) is 7.75. The standard InChI is InChI=1S/C5H4ClN.C4H4N2/c6-5-2-1-3-7-4-5;1-2-4-6-5-3-1/h1-4H;1-4H. The number of nitrogens with zero attached hydrogens (tertiary/aromatic N) is 3. The largest absolute Gasteiger partial charge is 0.263 e. The van der Waals surface area contributed by atoms with Gasteiger partial charge < -0.3 is 0 Å². The highest BCUT2D eigenvalue weighted by molar-refractivity contribution is 6.30. The van der Waals surface area contributed by atoms with Gasteiger partial charge in [0.05, 0.1) is 5.02 Å². The van der Waals surface area contributed by atoms with Crippen LogP contribution in [0.25, 0.3) is 0 Å². The zero-order valence-electron chi connectivity index (χ0n) is 6.84. The second kappa shape index (κ2) is 6.08. The fourth-order valence-electron chi connectivity index (χ4n) is 0.595. The van der Waals surface area contributed by atoms with Crippen LogP contribution in [0.3, 0.4) is 0 Å². The Morgan fingerprint density at radius 1 is 0.923 bits per heavy atom. The van der Waals surface area contributed by atoms with Crippen molar-refractivity contribution in [2.24, 2.45) is 0 Å². The van der Waals surface area contributed by atoms with E-state index in [0.29, 0.717) is 5.02 Å². The second-order valence-electron chi connectivity index (χ2n) is 2.09. The van der Waals surface area contributed by atoms with E-state index in [1.807, 2.05) is 12.1 Å². The van der Waals surface area contributed by atoms with Gasteiger partial charge >= 0.3 is 0 Å². The highest BCUT2D eigenvalue weighted by Gasteiger charge is 1.76. The molecule has 4 heteroatoms. The van der Waals surface area contributed by atoms with Crippen LogP contribution in [-0.2, 0) is 0 Å². The molecule has 0 saturated carbocycles. The summed E-state index contributed by atoms with van der Waals surface area (Å²) >= 11 is 5.48. The third-order valence-electron chi connectivity index (χ3n) is 1.11. The van der Waals surface area contributed by atoms with Crippen LogP contribution in [0.4, 0.5) is 0 Å². The summed E-state index contributed by atoms with van der Waals surface area (Å²) in [6.07, 6.45) is 6.56. The normalized spacial score (nSPS) is 8.38. The predicted octanol–water partition coefficient (Wildman–Crippen LogP) is 2.21. The first-order valence-electron chi connectivity index (χ1n) is 3.67. The molecule has 0 radical (unpaired) electrons. The second-order valence-corrected chi connectivity index (χ2v) is 2.52. The molecule has 0 amide bonds. The summed E-state index contributed by atoms with van der Waals surface area (Å²) in [6.45, 7) is 0. The van der Waals surface area contributed by atoms with Crippen molar-refractivity contribution in [3.05, 3.63) is 54.1 Å². The van der Waals surface area contributed by atoms with Crippen molar-refractivity contribution in [3.8, 4) is 0 Å². The molecule has 0 bridgehead atoms. The number of hydrogen-bond donors (Lipinski definition) is 0. The molecule has 0 fully saturated rings. The molecule has 2 aromatic rings. The Kier molecular flexibility index (Phi) is 4.49. The molecule has 0 aliphatic rings. The highest BCUT2D eigenvalue weighted by atomic mass is 35.5. The predicted molar refractivity (Wildman–Crippen MR) is 51.3 cm³/mol. The van der Waals surface area contributed by atoms with Crippen molar-refractivity contribution < 1.29 is 0 Å². The third kappa shape index (κ3) is 4.87. The number of pyridine rings is 1. The summed E-state index contributed by atoms with van der Waals surface area (Å²) < 4.78 is 0. The van der Waals surface area contributed by atoms with Gasteiger partial charge in [0.1, 0.15) is 0 Å². The van der Waals surface area contributed by atoms with Crippen LogP contribution < -0.4 is 0 Å². The first-order valence-corrected chi connectivity index (χ1v) is 4.04. The van der Waals surface area contributed by atoms with Crippen LogP contribution in [0.5, 0.6) is 0 Å². The number of halogens is 1. The lowest BCUT2D eigenvalue weighted by Crippen LogP contribution is -1.69. The lowest BCUT2D eigenvalue weighted by atomic mass is 10.5. The van der Waals surface area contributed by atoms with Crippen molar-refractivity contribution >= 4 is 11.6 Å². The van der Waals surface area contributed by atoms with E-state index in [2.05, 4.69) is 15.2 Å². The fourth-order valence-corrected chi connectivity index (χ4v) is 0.724. The zero-order chi connectivity index (χ0) is 9.36. The molecule has 0 aliphatic heterocycles. The van der Waals surface area contributed by atoms with Crippen molar-refractivity contribution in [1.82, 2.24) is 15.2 Å². The molecule has 0 saturated heterocycles. The smallest absolute Gasteiger partial charge is 0.0589 e. The molecule has 3 nitrogen and oxygen atoms in total. The van der Waals surface area contributed by atoms with Crippen LogP contribution in [-0.4, -0.2) is 15.2 Å². The maximum absolute atomic E-state index is 5.48. The Hall–Kier alpha value is -1.48. The van der Waals surface area contributed by atoms with Gasteiger partial charge in [0, 0.05) is 24.8 Å². The van der Waals surface area contributed by atoms with Gasteiger partial charge in [-0.25, -0.2) is 0 Å². The van der Waals surface area contributed by atoms with Gasteiger partial charge in [-0.2, -0.15) is 10.2 Å². The van der Waals surface area contributed by atoms with E-state index in [-0.39, 0.29) is 0 Å². The number of hydrogen-bond acceptors (Lipinski definition) is 3. The average molecular weight is 194 g/mol. The minimum atomic E-state index is 0.683. The summed E-state index contributed by atoms with van der Waals surface area (Å²) in [5.74, 6) is 0. The Morgan fingerprint density at radius 3 is 1.85 bits per heavy atom. The minimum absolute atomic E-state index is 0.683. The van der Waals surface area contributed by atoms with Gasteiger partial charge in [-0.3, -0.25) is 4.98 Å². The van der Waals surface area contributed by atoms with E-state index < -0.39 is 0 Å². The Bertz CT molecular complexity index is 285. The van der Waals surface area contributed by atoms with Crippen LogP contribution >= 0.6 is 11.6 Å². The third-order valence-corrected chi connectivity index (χ3v) is 1.33. The zero-order valence-corrected chi connectivity index (χ0v) is 7.59. The first kappa shape index (κ1) is 9.61. The number of aromatic nitrogens is 3. The van der Waals surface area contributed by atoms with Gasteiger partial charge in [-0.05, 0) is 24.3 Å². The number of rotatable bonds is 0. The molecular weight excluding hydrogens is 186 g/mol. The van der Waals surface area contributed by atoms with E-state index >= 15 is 0 Å². The molecule has 0 N–H and O–H groups in total. The Balaban J connectivity index is 0.000000132. The summed E-state index contributed by atoms with van der Waals surface area (Å²) in [4.78, 5) is 3.75. The summed E-state index contributed by atoms with van der Waals surface area (Å²) in [7, 11) is 0. The molecule has 0 aliphatic carbocycles. The highest BCUT2D eigenvalue weighted by Crippen LogP contribution is 2.00. The van der Waals surface area contributed by atoms with Gasteiger partial charge in [-0.1, -0.05) is 11.6 Å². The fraction of sp³-hybridized carbons (Fsp3) is 0. The van der Waals surface area contributed by atoms with Crippen LogP contribution in [0.2, 0.25) is 5.02 Å². The van der Waals surface area contributed by atoms with Crippen LogP contribution in [0.15, 0.2) is 49.1 Å². The molecular formula is C9H8ClN3. The Labute approximate surface area is 81.4 Å². The summed E-state index contributed by atoms with van der Waals surface area (Å²) in [6, 6.07) is 7.23. The van der Waals surface area contributed by atoms with Crippen molar-refractivity contribution in [2.75, 3.05) is 0 Å². The van der Waals surface area contributed by atoms with Crippen molar-refractivity contribution in [3.63, 3.8) is 0 Å². The molecule has 0 aromatic carbocycles. The van der Waals surface area contributed by atoms with Gasteiger partial charge in [-0.15, -0.1) is 0 Å². The maximum atomic E-state index is 5.48. The SMILES string of the molecule is Clc1cccnc1.c1ccnnc1. The van der Waals surface area contributed by atoms with Crippen molar-refractivity contribution in [2.45, 2.75) is 0 Å². The molecule has 2 heterocycles. The van der Waals surface area contributed by atoms with Gasteiger partial charge in [0.15, 0.2) is 0 Å². The first-order chi connectivity index (χ1) is 6.39. The monoisotopic (exact) mass is 193 g/mol. The molecule has 66 valence electrons. The van der Waals surface area contributed by atoms with Crippen LogP contribution in [0, 0.1) is 0 Å². The quantitative estimate of drug-likeness (QED) is 0.644. The van der Waals surface area contributed by atoms with E-state index in [1.165, 1.54) is 0 Å². The van der Waals surface area contributed by atoms with E-state index in [0.717, 1.165) is 0 Å². The van der Waals surface area contributed by atoms with E-state index in [9.17, 15) is 0 Å².